The zero-order valence-corrected chi connectivity index (χ0v) is 10.3. The Morgan fingerprint density at radius 3 is 2.29 bits per heavy atom. The fourth-order valence-corrected chi connectivity index (χ4v) is 1.89. The van der Waals surface area contributed by atoms with Gasteiger partial charge in [0, 0.05) is 4.47 Å². The van der Waals surface area contributed by atoms with Crippen molar-refractivity contribution in [3.8, 4) is 5.75 Å². The van der Waals surface area contributed by atoms with Crippen molar-refractivity contribution in [2.75, 3.05) is 0 Å². The highest BCUT2D eigenvalue weighted by Gasteiger charge is 2.32. The molecule has 0 heterocycles. The first kappa shape index (κ1) is 12.1. The molecule has 0 radical (unpaired) electrons. The van der Waals surface area contributed by atoms with Gasteiger partial charge >= 0.3 is 6.36 Å². The summed E-state index contributed by atoms with van der Waals surface area (Å²) in [7, 11) is 0. The Balaban J connectivity index is 3.06. The quantitative estimate of drug-likeness (QED) is 0.661. The largest absolute Gasteiger partial charge is 0.573 e. The monoisotopic (exact) mass is 352 g/mol. The molecule has 0 saturated carbocycles. The van der Waals surface area contributed by atoms with Crippen LogP contribution in [0.3, 0.4) is 0 Å². The summed E-state index contributed by atoms with van der Waals surface area (Å²) in [5.74, 6) is -0.370. The summed E-state index contributed by atoms with van der Waals surface area (Å²) in [4.78, 5) is 0. The van der Waals surface area contributed by atoms with E-state index in [9.17, 15) is 13.2 Å². The number of benzene rings is 1. The fourth-order valence-electron chi connectivity index (χ4n) is 0.712. The van der Waals surface area contributed by atoms with Gasteiger partial charge < -0.3 is 4.74 Å². The van der Waals surface area contributed by atoms with Crippen LogP contribution in [-0.4, -0.2) is 6.36 Å². The second-order valence-electron chi connectivity index (χ2n) is 2.22. The molecule has 0 aliphatic rings. The minimum Gasteiger partial charge on any atom is -0.405 e. The van der Waals surface area contributed by atoms with Crippen molar-refractivity contribution in [3.05, 3.63) is 26.1 Å². The molecule has 1 aromatic rings. The van der Waals surface area contributed by atoms with E-state index in [0.29, 0.717) is 4.47 Å². The van der Waals surface area contributed by atoms with Gasteiger partial charge in [-0.25, -0.2) is 0 Å². The van der Waals surface area contributed by atoms with Crippen LogP contribution in [0.5, 0.6) is 5.75 Å². The molecule has 0 fully saturated rings. The van der Waals surface area contributed by atoms with Gasteiger partial charge in [-0.15, -0.1) is 13.2 Å². The molecule has 1 nitrogen and oxygen atoms in total. The minimum atomic E-state index is -4.72. The van der Waals surface area contributed by atoms with Gasteiger partial charge in [-0.2, -0.15) is 0 Å². The smallest absolute Gasteiger partial charge is 0.405 e. The Morgan fingerprint density at radius 2 is 1.79 bits per heavy atom. The first-order chi connectivity index (χ1) is 6.31. The maximum atomic E-state index is 11.9. The highest BCUT2D eigenvalue weighted by atomic mass is 79.9. The Hall–Kier alpha value is 0.0600. The van der Waals surface area contributed by atoms with E-state index in [2.05, 4.69) is 36.6 Å². The van der Waals surface area contributed by atoms with Crippen LogP contribution in [0, 0.1) is 0 Å². The lowest BCUT2D eigenvalue weighted by Gasteiger charge is -2.11. The maximum absolute atomic E-state index is 11.9. The molecular formula is C7H2Br2ClF3O. The lowest BCUT2D eigenvalue weighted by molar-refractivity contribution is -0.274. The summed E-state index contributed by atoms with van der Waals surface area (Å²) in [6, 6.07) is 2.53. The third-order valence-electron chi connectivity index (χ3n) is 1.23. The molecule has 7 heteroatoms. The van der Waals surface area contributed by atoms with Crippen molar-refractivity contribution in [2.24, 2.45) is 0 Å². The van der Waals surface area contributed by atoms with E-state index in [1.807, 2.05) is 0 Å². The van der Waals surface area contributed by atoms with E-state index in [1.54, 1.807) is 0 Å². The Labute approximate surface area is 99.4 Å². The predicted molar refractivity (Wildman–Crippen MR) is 53.5 cm³/mol. The number of halogens is 6. The predicted octanol–water partition coefficient (Wildman–Crippen LogP) is 4.76. The summed E-state index contributed by atoms with van der Waals surface area (Å²) >= 11 is 11.6. The molecule has 0 aliphatic carbocycles. The first-order valence-electron chi connectivity index (χ1n) is 3.20. The maximum Gasteiger partial charge on any atom is 0.573 e. The van der Waals surface area contributed by atoms with Crippen molar-refractivity contribution < 1.29 is 17.9 Å². The van der Waals surface area contributed by atoms with E-state index in [1.165, 1.54) is 6.07 Å². The summed E-state index contributed by atoms with van der Waals surface area (Å²) in [5, 5.41) is 0.131. The average molecular weight is 354 g/mol. The molecule has 0 amide bonds. The van der Waals surface area contributed by atoms with Gasteiger partial charge in [-0.1, -0.05) is 11.6 Å². The molecule has 0 saturated heterocycles. The van der Waals surface area contributed by atoms with Crippen molar-refractivity contribution in [1.82, 2.24) is 0 Å². The lowest BCUT2D eigenvalue weighted by Crippen LogP contribution is -2.17. The van der Waals surface area contributed by atoms with Crippen LogP contribution in [-0.2, 0) is 0 Å². The Morgan fingerprint density at radius 1 is 1.21 bits per heavy atom. The SMILES string of the molecule is FC(F)(F)Oc1ccc(Br)c(Cl)c1Br. The normalized spacial score (nSPS) is 11.6. The van der Waals surface area contributed by atoms with Gasteiger partial charge in [0.25, 0.3) is 0 Å². The van der Waals surface area contributed by atoms with E-state index in [4.69, 9.17) is 11.6 Å². The zero-order valence-electron chi connectivity index (χ0n) is 6.33. The molecule has 14 heavy (non-hydrogen) atoms. The molecule has 0 spiro atoms. The lowest BCUT2D eigenvalue weighted by atomic mass is 10.3. The molecule has 0 unspecified atom stereocenters. The van der Waals surface area contributed by atoms with Crippen LogP contribution in [0.15, 0.2) is 21.1 Å². The van der Waals surface area contributed by atoms with E-state index >= 15 is 0 Å². The zero-order chi connectivity index (χ0) is 10.9. The molecule has 78 valence electrons. The number of hydrogen-bond acceptors (Lipinski definition) is 1. The number of rotatable bonds is 1. The van der Waals surface area contributed by atoms with E-state index < -0.39 is 6.36 Å². The van der Waals surface area contributed by atoms with E-state index in [-0.39, 0.29) is 15.2 Å². The van der Waals surface area contributed by atoms with Gasteiger partial charge in [0.05, 0.1) is 9.50 Å². The molecule has 0 atom stereocenters. The number of ether oxygens (including phenoxy) is 1. The third kappa shape index (κ3) is 3.03. The molecule has 0 bridgehead atoms. The first-order valence-corrected chi connectivity index (χ1v) is 5.17. The van der Waals surface area contributed by atoms with Crippen molar-refractivity contribution in [2.45, 2.75) is 6.36 Å². The number of alkyl halides is 3. The van der Waals surface area contributed by atoms with Crippen molar-refractivity contribution >= 4 is 43.5 Å². The molecule has 1 aromatic carbocycles. The highest BCUT2D eigenvalue weighted by molar-refractivity contribution is 9.11. The van der Waals surface area contributed by atoms with Gasteiger partial charge in [-0.3, -0.25) is 0 Å². The second kappa shape index (κ2) is 4.28. The highest BCUT2D eigenvalue weighted by Crippen LogP contribution is 2.39. The third-order valence-corrected chi connectivity index (χ3v) is 3.52. The van der Waals surface area contributed by atoms with E-state index in [0.717, 1.165) is 6.07 Å². The van der Waals surface area contributed by atoms with Crippen LogP contribution in [0.1, 0.15) is 0 Å². The van der Waals surface area contributed by atoms with Crippen LogP contribution in [0.4, 0.5) is 13.2 Å². The van der Waals surface area contributed by atoms with Gasteiger partial charge in [0.15, 0.2) is 0 Å². The molecule has 0 N–H and O–H groups in total. The Bertz CT molecular complexity index is 354. The second-order valence-corrected chi connectivity index (χ2v) is 4.25. The van der Waals surface area contributed by atoms with Crippen molar-refractivity contribution in [3.63, 3.8) is 0 Å². The van der Waals surface area contributed by atoms with Crippen LogP contribution in [0.25, 0.3) is 0 Å². The number of hydrogen-bond donors (Lipinski definition) is 0. The topological polar surface area (TPSA) is 9.23 Å². The summed E-state index contributed by atoms with van der Waals surface area (Å²) in [6.45, 7) is 0. The van der Waals surface area contributed by atoms with Crippen LogP contribution in [0.2, 0.25) is 5.02 Å². The molecule has 1 rings (SSSR count). The summed E-state index contributed by atoms with van der Waals surface area (Å²) in [6.07, 6.45) is -4.72. The minimum absolute atomic E-state index is 0.0610. The Kier molecular flexibility index (Phi) is 3.71. The summed E-state index contributed by atoms with van der Waals surface area (Å²) in [5.41, 5.74) is 0. The molecule has 0 aromatic heterocycles. The van der Waals surface area contributed by atoms with Crippen LogP contribution >= 0.6 is 43.5 Å². The summed E-state index contributed by atoms with van der Waals surface area (Å²) < 4.78 is 39.8. The van der Waals surface area contributed by atoms with Crippen LogP contribution < -0.4 is 4.74 Å². The van der Waals surface area contributed by atoms with Gasteiger partial charge in [-0.05, 0) is 44.0 Å². The van der Waals surface area contributed by atoms with Gasteiger partial charge in [0.2, 0.25) is 0 Å². The van der Waals surface area contributed by atoms with Gasteiger partial charge in [0.1, 0.15) is 5.75 Å². The fraction of sp³-hybridized carbons (Fsp3) is 0.143. The van der Waals surface area contributed by atoms with Crippen molar-refractivity contribution in [1.29, 1.82) is 0 Å². The standard InChI is InChI=1S/C7H2Br2ClF3O/c8-3-1-2-4(5(9)6(3)10)14-7(11,12)13/h1-2H. The molecular weight excluding hydrogens is 352 g/mol. The molecule has 0 aliphatic heterocycles. The average Bonchev–Trinajstić information content (AvgIpc) is 2.04.